The normalized spacial score (nSPS) is 41.6. The third-order valence-electron chi connectivity index (χ3n) is 6.33. The van der Waals surface area contributed by atoms with Crippen LogP contribution < -0.4 is 0 Å². The molecule has 0 spiro atoms. The van der Waals surface area contributed by atoms with Gasteiger partial charge in [-0.25, -0.2) is 0 Å². The molecular weight excluding hydrogens is 308 g/mol. The minimum absolute atomic E-state index is 0.0705. The Balaban J connectivity index is 1.71. The monoisotopic (exact) mass is 336 g/mol. The van der Waals surface area contributed by atoms with E-state index in [0.717, 1.165) is 12.8 Å². The summed E-state index contributed by atoms with van der Waals surface area (Å²) in [5.74, 6) is -0.176. The molecule has 7 atom stereocenters. The molecule has 3 rings (SSSR count). The molecule has 2 aliphatic carbocycles. The fraction of sp³-hybridized carbons (Fsp3) is 0.842. The maximum absolute atomic E-state index is 12.6. The Morgan fingerprint density at radius 2 is 1.83 bits per heavy atom. The SMILES string of the molecule is CC1C(=O)OC(=O)C1CC1C(C)C2CC1[C@@H](C(=O)OC(C)(C)C)C2. The molecule has 0 aromatic heterocycles. The first kappa shape index (κ1) is 17.4. The molecule has 1 saturated heterocycles. The predicted molar refractivity (Wildman–Crippen MR) is 86.6 cm³/mol. The molecule has 134 valence electrons. The Morgan fingerprint density at radius 1 is 1.17 bits per heavy atom. The highest BCUT2D eigenvalue weighted by Crippen LogP contribution is 2.58. The van der Waals surface area contributed by atoms with Crippen molar-refractivity contribution >= 4 is 17.9 Å². The van der Waals surface area contributed by atoms with Gasteiger partial charge in [0.2, 0.25) is 0 Å². The molecule has 24 heavy (non-hydrogen) atoms. The summed E-state index contributed by atoms with van der Waals surface area (Å²) in [4.78, 5) is 36.1. The molecule has 0 aromatic carbocycles. The van der Waals surface area contributed by atoms with Gasteiger partial charge in [-0.05, 0) is 63.7 Å². The van der Waals surface area contributed by atoms with Crippen LogP contribution in [-0.2, 0) is 23.9 Å². The van der Waals surface area contributed by atoms with E-state index in [1.165, 1.54) is 0 Å². The number of carbonyl (C=O) groups is 3. The average molecular weight is 336 g/mol. The van der Waals surface area contributed by atoms with Crippen LogP contribution in [0.4, 0.5) is 0 Å². The van der Waals surface area contributed by atoms with Crippen LogP contribution in [0.15, 0.2) is 0 Å². The molecule has 5 heteroatoms. The van der Waals surface area contributed by atoms with E-state index < -0.39 is 17.5 Å². The van der Waals surface area contributed by atoms with Gasteiger partial charge in [0.1, 0.15) is 5.60 Å². The number of hydrogen-bond acceptors (Lipinski definition) is 5. The molecule has 0 amide bonds. The summed E-state index contributed by atoms with van der Waals surface area (Å²) < 4.78 is 10.4. The van der Waals surface area contributed by atoms with Gasteiger partial charge in [0.05, 0.1) is 17.8 Å². The van der Waals surface area contributed by atoms with Gasteiger partial charge in [-0.1, -0.05) is 13.8 Å². The van der Waals surface area contributed by atoms with Crippen molar-refractivity contribution in [3.05, 3.63) is 0 Å². The first-order chi connectivity index (χ1) is 11.1. The highest BCUT2D eigenvalue weighted by molar-refractivity contribution is 5.96. The Labute approximate surface area is 143 Å². The summed E-state index contributed by atoms with van der Waals surface area (Å²) >= 11 is 0. The van der Waals surface area contributed by atoms with E-state index >= 15 is 0 Å². The molecule has 2 bridgehead atoms. The van der Waals surface area contributed by atoms with E-state index in [1.807, 2.05) is 20.8 Å². The number of hydrogen-bond donors (Lipinski definition) is 0. The number of fused-ring (bicyclic) bond motifs is 2. The van der Waals surface area contributed by atoms with E-state index in [9.17, 15) is 14.4 Å². The zero-order valence-corrected chi connectivity index (χ0v) is 15.2. The standard InChI is InChI=1S/C19H28O5/c1-9-11-6-14(15(7-11)18(22)24-19(3,4)5)12(9)8-13-10(2)16(20)23-17(13)21/h9-15H,6-8H2,1-5H3/t9?,10?,11?,12?,13?,14?,15-/m0/s1. The van der Waals surface area contributed by atoms with E-state index in [0.29, 0.717) is 18.3 Å². The van der Waals surface area contributed by atoms with Gasteiger partial charge in [-0.3, -0.25) is 14.4 Å². The van der Waals surface area contributed by atoms with Crippen LogP contribution in [0.25, 0.3) is 0 Å². The number of esters is 3. The van der Waals surface area contributed by atoms with Crippen molar-refractivity contribution in [2.24, 2.45) is 41.4 Å². The largest absolute Gasteiger partial charge is 0.460 e. The molecule has 3 fully saturated rings. The van der Waals surface area contributed by atoms with E-state index in [2.05, 4.69) is 6.92 Å². The van der Waals surface area contributed by atoms with Crippen LogP contribution >= 0.6 is 0 Å². The summed E-state index contributed by atoms with van der Waals surface area (Å²) in [5.41, 5.74) is -0.476. The number of carbonyl (C=O) groups excluding carboxylic acids is 3. The van der Waals surface area contributed by atoms with Crippen LogP contribution in [0.3, 0.4) is 0 Å². The van der Waals surface area contributed by atoms with E-state index in [1.54, 1.807) is 6.92 Å². The Morgan fingerprint density at radius 3 is 2.33 bits per heavy atom. The van der Waals surface area contributed by atoms with Crippen molar-refractivity contribution in [3.8, 4) is 0 Å². The number of rotatable bonds is 3. The molecule has 1 heterocycles. The highest BCUT2D eigenvalue weighted by Gasteiger charge is 2.55. The predicted octanol–water partition coefficient (Wildman–Crippen LogP) is 2.96. The van der Waals surface area contributed by atoms with Gasteiger partial charge in [0, 0.05) is 0 Å². The summed E-state index contributed by atoms with van der Waals surface area (Å²) in [5, 5.41) is 0. The minimum atomic E-state index is -0.476. The van der Waals surface area contributed by atoms with Crippen molar-refractivity contribution in [1.82, 2.24) is 0 Å². The Hall–Kier alpha value is -1.39. The smallest absolute Gasteiger partial charge is 0.317 e. The van der Waals surface area contributed by atoms with Crippen molar-refractivity contribution < 1.29 is 23.9 Å². The van der Waals surface area contributed by atoms with Crippen molar-refractivity contribution in [2.75, 3.05) is 0 Å². The molecule has 2 saturated carbocycles. The third-order valence-corrected chi connectivity index (χ3v) is 6.33. The van der Waals surface area contributed by atoms with Crippen LogP contribution in [0.1, 0.15) is 53.9 Å². The van der Waals surface area contributed by atoms with E-state index in [-0.39, 0.29) is 35.6 Å². The van der Waals surface area contributed by atoms with Gasteiger partial charge in [0.15, 0.2) is 0 Å². The van der Waals surface area contributed by atoms with Crippen LogP contribution in [0.2, 0.25) is 0 Å². The fourth-order valence-electron chi connectivity index (χ4n) is 5.02. The van der Waals surface area contributed by atoms with Gasteiger partial charge in [0.25, 0.3) is 0 Å². The van der Waals surface area contributed by atoms with Gasteiger partial charge >= 0.3 is 17.9 Å². The molecule has 1 aliphatic heterocycles. The van der Waals surface area contributed by atoms with Gasteiger partial charge < -0.3 is 9.47 Å². The molecule has 0 aromatic rings. The lowest BCUT2D eigenvalue weighted by molar-refractivity contribution is -0.163. The third kappa shape index (κ3) is 2.98. The molecule has 3 aliphatic rings. The Kier molecular flexibility index (Phi) is 4.25. The first-order valence-corrected chi connectivity index (χ1v) is 9.07. The molecular formula is C19H28O5. The van der Waals surface area contributed by atoms with Crippen molar-refractivity contribution in [1.29, 1.82) is 0 Å². The lowest BCUT2D eigenvalue weighted by Gasteiger charge is -2.35. The molecule has 5 nitrogen and oxygen atoms in total. The molecule has 6 unspecified atom stereocenters. The van der Waals surface area contributed by atoms with Crippen LogP contribution in [0, 0.1) is 41.4 Å². The second-order valence-corrected chi connectivity index (χ2v) is 8.93. The number of cyclic esters (lactones) is 2. The summed E-state index contributed by atoms with van der Waals surface area (Å²) in [7, 11) is 0. The summed E-state index contributed by atoms with van der Waals surface area (Å²) in [6.45, 7) is 9.65. The number of ether oxygens (including phenoxy) is 2. The van der Waals surface area contributed by atoms with Gasteiger partial charge in [-0.15, -0.1) is 0 Å². The first-order valence-electron chi connectivity index (χ1n) is 9.07. The zero-order valence-electron chi connectivity index (χ0n) is 15.2. The fourth-order valence-corrected chi connectivity index (χ4v) is 5.02. The highest BCUT2D eigenvalue weighted by atomic mass is 16.6. The molecule has 0 radical (unpaired) electrons. The Bertz CT molecular complexity index is 561. The average Bonchev–Trinajstić information content (AvgIpc) is 3.07. The van der Waals surface area contributed by atoms with Crippen LogP contribution in [-0.4, -0.2) is 23.5 Å². The van der Waals surface area contributed by atoms with Crippen molar-refractivity contribution in [3.63, 3.8) is 0 Å². The zero-order chi connectivity index (χ0) is 17.8. The second-order valence-electron chi connectivity index (χ2n) is 8.93. The quantitative estimate of drug-likeness (QED) is 0.585. The minimum Gasteiger partial charge on any atom is -0.460 e. The van der Waals surface area contributed by atoms with Gasteiger partial charge in [-0.2, -0.15) is 0 Å². The van der Waals surface area contributed by atoms with Crippen molar-refractivity contribution in [2.45, 2.75) is 59.5 Å². The summed E-state index contributed by atoms with van der Waals surface area (Å²) in [6, 6.07) is 0. The lowest BCUT2D eigenvalue weighted by Crippen LogP contribution is -2.37. The lowest BCUT2D eigenvalue weighted by atomic mass is 9.70. The molecule has 0 N–H and O–H groups in total. The topological polar surface area (TPSA) is 69.7 Å². The maximum atomic E-state index is 12.6. The van der Waals surface area contributed by atoms with Crippen LogP contribution in [0.5, 0.6) is 0 Å². The second kappa shape index (κ2) is 5.85. The van der Waals surface area contributed by atoms with E-state index in [4.69, 9.17) is 9.47 Å². The summed E-state index contributed by atoms with van der Waals surface area (Å²) in [6.07, 6.45) is 2.56. The maximum Gasteiger partial charge on any atom is 0.317 e.